The molecule has 0 aliphatic rings. The molecule has 0 aliphatic heterocycles. The van der Waals surface area contributed by atoms with E-state index in [1.807, 2.05) is 25.1 Å². The van der Waals surface area contributed by atoms with E-state index in [9.17, 15) is 0 Å². The molecular weight excluding hydrogens is 398 g/mol. The number of thiophene rings is 1. The van der Waals surface area contributed by atoms with E-state index in [0.29, 0.717) is 11.5 Å². The first-order valence-electron chi connectivity index (χ1n) is 9.24. The lowest BCUT2D eigenvalue weighted by Crippen LogP contribution is -2.09. The topological polar surface area (TPSA) is 21.6 Å². The van der Waals surface area contributed by atoms with Gasteiger partial charge >= 0.3 is 0 Å². The van der Waals surface area contributed by atoms with Crippen LogP contribution in [0.25, 0.3) is 25.7 Å². The predicted octanol–water partition coefficient (Wildman–Crippen LogP) is 7.63. The molecule has 0 fully saturated rings. The summed E-state index contributed by atoms with van der Waals surface area (Å²) in [5.41, 5.74) is 3.67. The number of benzene rings is 3. The lowest BCUT2D eigenvalue weighted by Gasteiger charge is -2.15. The minimum Gasteiger partial charge on any atom is -0.494 e. The standard InChI is InChI=1S/C25H20ClNOS/c1-16(18-9-5-4-6-10-18)25(28-3)24(27-17(2)26)19-13-14-21-20-11-7-8-12-22(20)29-23(21)15-19/h4-15H,2H2,1,3H3/b25-16-,27-24-. The van der Waals surface area contributed by atoms with Crippen molar-refractivity contribution in [3.8, 4) is 0 Å². The molecule has 3 aromatic carbocycles. The third-order valence-electron chi connectivity index (χ3n) is 4.85. The zero-order valence-electron chi connectivity index (χ0n) is 16.3. The maximum absolute atomic E-state index is 6.10. The minimum atomic E-state index is 0.215. The normalized spacial score (nSPS) is 12.9. The van der Waals surface area contributed by atoms with Gasteiger partial charge in [-0.1, -0.05) is 78.8 Å². The lowest BCUT2D eigenvalue weighted by molar-refractivity contribution is 0.317. The molecule has 0 aliphatic carbocycles. The maximum Gasteiger partial charge on any atom is 0.148 e. The third kappa shape index (κ3) is 3.84. The van der Waals surface area contributed by atoms with Crippen LogP contribution in [0.1, 0.15) is 18.1 Å². The zero-order chi connectivity index (χ0) is 20.4. The van der Waals surface area contributed by atoms with E-state index in [1.165, 1.54) is 20.2 Å². The van der Waals surface area contributed by atoms with Crippen LogP contribution in [0.15, 0.2) is 95.3 Å². The fourth-order valence-corrected chi connectivity index (χ4v) is 4.72. The molecule has 4 heteroatoms. The summed E-state index contributed by atoms with van der Waals surface area (Å²) in [7, 11) is 1.66. The van der Waals surface area contributed by atoms with Crippen molar-refractivity contribution in [3.63, 3.8) is 0 Å². The van der Waals surface area contributed by atoms with E-state index in [-0.39, 0.29) is 5.16 Å². The van der Waals surface area contributed by atoms with E-state index in [4.69, 9.17) is 16.3 Å². The second kappa shape index (κ2) is 8.24. The van der Waals surface area contributed by atoms with E-state index >= 15 is 0 Å². The number of hydrogen-bond acceptors (Lipinski definition) is 3. The van der Waals surface area contributed by atoms with Crippen LogP contribution in [-0.4, -0.2) is 12.8 Å². The zero-order valence-corrected chi connectivity index (χ0v) is 17.8. The smallest absolute Gasteiger partial charge is 0.148 e. The maximum atomic E-state index is 6.10. The van der Waals surface area contributed by atoms with Crippen molar-refractivity contribution in [2.45, 2.75) is 6.92 Å². The molecule has 29 heavy (non-hydrogen) atoms. The summed E-state index contributed by atoms with van der Waals surface area (Å²) in [5.74, 6) is 0.679. The highest BCUT2D eigenvalue weighted by Gasteiger charge is 2.17. The molecule has 0 N–H and O–H groups in total. The van der Waals surface area contributed by atoms with Gasteiger partial charge in [0.25, 0.3) is 0 Å². The van der Waals surface area contributed by atoms with Crippen molar-refractivity contribution in [2.24, 2.45) is 4.99 Å². The Balaban J connectivity index is 1.91. The fraction of sp³-hybridized carbons (Fsp3) is 0.0800. The minimum absolute atomic E-state index is 0.215. The Morgan fingerprint density at radius 3 is 2.31 bits per heavy atom. The van der Waals surface area contributed by atoms with Gasteiger partial charge in [0.2, 0.25) is 0 Å². The van der Waals surface area contributed by atoms with Crippen molar-refractivity contribution >= 4 is 54.4 Å². The molecule has 0 radical (unpaired) electrons. The lowest BCUT2D eigenvalue weighted by atomic mass is 9.99. The number of hydrogen-bond donors (Lipinski definition) is 0. The van der Waals surface area contributed by atoms with E-state index in [2.05, 4.69) is 66.2 Å². The Bertz CT molecular complexity index is 1270. The average Bonchev–Trinajstić information content (AvgIpc) is 3.11. The molecule has 0 spiro atoms. The molecule has 0 unspecified atom stereocenters. The SMILES string of the molecule is C=C(Cl)/N=C(\C(OC)=C(/C)c1ccccc1)c1ccc2c(c1)sc1ccccc12. The van der Waals surface area contributed by atoms with E-state index in [0.717, 1.165) is 16.7 Å². The van der Waals surface area contributed by atoms with Crippen molar-refractivity contribution in [1.82, 2.24) is 0 Å². The summed E-state index contributed by atoms with van der Waals surface area (Å²) in [6.45, 7) is 5.80. The number of nitrogens with zero attached hydrogens (tertiary/aromatic N) is 1. The second-order valence-corrected chi connectivity index (χ2v) is 8.19. The van der Waals surface area contributed by atoms with Crippen molar-refractivity contribution in [3.05, 3.63) is 101 Å². The van der Waals surface area contributed by atoms with Gasteiger partial charge in [-0.3, -0.25) is 0 Å². The Labute approximate surface area is 179 Å². The highest BCUT2D eigenvalue weighted by Crippen LogP contribution is 2.35. The van der Waals surface area contributed by atoms with Crippen molar-refractivity contribution in [2.75, 3.05) is 7.11 Å². The van der Waals surface area contributed by atoms with Crippen LogP contribution >= 0.6 is 22.9 Å². The molecule has 4 aromatic rings. The Morgan fingerprint density at radius 1 is 0.897 bits per heavy atom. The van der Waals surface area contributed by atoms with Gasteiger partial charge in [-0.15, -0.1) is 11.3 Å². The molecule has 0 bridgehead atoms. The largest absolute Gasteiger partial charge is 0.494 e. The summed E-state index contributed by atoms with van der Waals surface area (Å²) in [5, 5.41) is 2.72. The van der Waals surface area contributed by atoms with Crippen LogP contribution in [0.4, 0.5) is 0 Å². The van der Waals surface area contributed by atoms with Crippen LogP contribution < -0.4 is 0 Å². The molecule has 0 amide bonds. The molecule has 144 valence electrons. The number of aliphatic imine (C=N–C) groups is 1. The van der Waals surface area contributed by atoms with Gasteiger partial charge in [-0.05, 0) is 24.6 Å². The van der Waals surface area contributed by atoms with Crippen LogP contribution in [0.5, 0.6) is 0 Å². The Kier molecular flexibility index (Phi) is 5.52. The molecule has 1 heterocycles. The fourth-order valence-electron chi connectivity index (χ4n) is 3.49. The number of methoxy groups -OCH3 is 1. The van der Waals surface area contributed by atoms with Gasteiger partial charge in [0.1, 0.15) is 16.6 Å². The first-order valence-corrected chi connectivity index (χ1v) is 10.4. The van der Waals surface area contributed by atoms with Gasteiger partial charge < -0.3 is 4.74 Å². The number of allylic oxidation sites excluding steroid dienone is 2. The molecule has 0 saturated heterocycles. The first kappa shape index (κ1) is 19.4. The molecule has 0 atom stereocenters. The summed E-state index contributed by atoms with van der Waals surface area (Å²) in [6, 6.07) is 24.9. The highest BCUT2D eigenvalue weighted by molar-refractivity contribution is 7.25. The van der Waals surface area contributed by atoms with Gasteiger partial charge in [-0.25, -0.2) is 4.99 Å². The average molecular weight is 418 g/mol. The third-order valence-corrected chi connectivity index (χ3v) is 6.07. The van der Waals surface area contributed by atoms with Crippen molar-refractivity contribution in [1.29, 1.82) is 0 Å². The van der Waals surface area contributed by atoms with E-state index < -0.39 is 0 Å². The second-order valence-electron chi connectivity index (χ2n) is 6.67. The Hall–Kier alpha value is -2.88. The Morgan fingerprint density at radius 2 is 1.59 bits per heavy atom. The summed E-state index contributed by atoms with van der Waals surface area (Å²) in [4.78, 5) is 4.54. The van der Waals surface area contributed by atoms with Gasteiger partial charge in [0.05, 0.1) is 7.11 Å². The number of ether oxygens (including phenoxy) is 1. The quantitative estimate of drug-likeness (QED) is 0.186. The van der Waals surface area contributed by atoms with Gasteiger partial charge in [-0.2, -0.15) is 0 Å². The van der Waals surface area contributed by atoms with Gasteiger partial charge in [0, 0.05) is 31.3 Å². The predicted molar refractivity (Wildman–Crippen MR) is 127 cm³/mol. The number of halogens is 1. The van der Waals surface area contributed by atoms with Crippen LogP contribution in [0.3, 0.4) is 0 Å². The van der Waals surface area contributed by atoms with Crippen molar-refractivity contribution < 1.29 is 4.74 Å². The molecular formula is C25H20ClNOS. The van der Waals surface area contributed by atoms with Crippen LogP contribution in [0.2, 0.25) is 0 Å². The molecule has 4 rings (SSSR count). The van der Waals surface area contributed by atoms with Crippen LogP contribution in [-0.2, 0) is 4.74 Å². The number of rotatable bonds is 5. The summed E-state index contributed by atoms with van der Waals surface area (Å²) < 4.78 is 8.27. The monoisotopic (exact) mass is 417 g/mol. The first-order chi connectivity index (χ1) is 14.1. The molecule has 2 nitrogen and oxygen atoms in total. The number of fused-ring (bicyclic) bond motifs is 3. The molecule has 0 saturated carbocycles. The van der Waals surface area contributed by atoms with Gasteiger partial charge in [0.15, 0.2) is 0 Å². The van der Waals surface area contributed by atoms with E-state index in [1.54, 1.807) is 18.4 Å². The summed E-state index contributed by atoms with van der Waals surface area (Å²) >= 11 is 7.87. The molecule has 1 aromatic heterocycles. The van der Waals surface area contributed by atoms with Crippen LogP contribution in [0, 0.1) is 0 Å². The summed E-state index contributed by atoms with van der Waals surface area (Å²) in [6.07, 6.45) is 0. The highest BCUT2D eigenvalue weighted by atomic mass is 35.5.